The summed E-state index contributed by atoms with van der Waals surface area (Å²) in [7, 11) is 1.84. The number of rotatable bonds is 3. The highest BCUT2D eigenvalue weighted by atomic mass is 79.9. The molecule has 0 spiro atoms. The van der Waals surface area contributed by atoms with E-state index in [-0.39, 0.29) is 23.8 Å². The SMILES string of the molecule is CCc1nn(C)c(CN2C(=O)CC(C)(C)CC2=O)c1Br. The minimum absolute atomic E-state index is 0.0996. The highest BCUT2D eigenvalue weighted by molar-refractivity contribution is 9.10. The molecule has 20 heavy (non-hydrogen) atoms. The molecular formula is C14H20BrN3O2. The molecule has 1 aliphatic heterocycles. The van der Waals surface area contributed by atoms with Crippen LogP contribution in [-0.2, 0) is 29.6 Å². The third-order valence-electron chi connectivity index (χ3n) is 3.67. The molecular weight excluding hydrogens is 322 g/mol. The van der Waals surface area contributed by atoms with E-state index in [1.807, 2.05) is 27.8 Å². The van der Waals surface area contributed by atoms with Gasteiger partial charge >= 0.3 is 0 Å². The third kappa shape index (κ3) is 2.80. The summed E-state index contributed by atoms with van der Waals surface area (Å²) >= 11 is 3.52. The average Bonchev–Trinajstić information content (AvgIpc) is 2.58. The van der Waals surface area contributed by atoms with Crippen molar-refractivity contribution in [1.29, 1.82) is 0 Å². The fraction of sp³-hybridized carbons (Fsp3) is 0.643. The zero-order chi connectivity index (χ0) is 15.1. The van der Waals surface area contributed by atoms with Crippen molar-refractivity contribution in [3.05, 3.63) is 15.9 Å². The summed E-state index contributed by atoms with van der Waals surface area (Å²) in [5, 5.41) is 4.39. The second-order valence-corrected chi connectivity index (χ2v) is 6.87. The summed E-state index contributed by atoms with van der Waals surface area (Å²) in [6.45, 7) is 6.22. The normalized spacial score (nSPS) is 18.8. The van der Waals surface area contributed by atoms with Crippen LogP contribution >= 0.6 is 15.9 Å². The molecule has 0 bridgehead atoms. The van der Waals surface area contributed by atoms with Gasteiger partial charge in [-0.2, -0.15) is 5.10 Å². The van der Waals surface area contributed by atoms with E-state index in [0.717, 1.165) is 22.3 Å². The van der Waals surface area contributed by atoms with Crippen LogP contribution in [0.25, 0.3) is 0 Å². The van der Waals surface area contributed by atoms with Gasteiger partial charge in [0.05, 0.1) is 22.4 Å². The Morgan fingerprint density at radius 2 is 1.80 bits per heavy atom. The molecule has 1 aromatic rings. The quantitative estimate of drug-likeness (QED) is 0.793. The van der Waals surface area contributed by atoms with E-state index in [9.17, 15) is 9.59 Å². The van der Waals surface area contributed by atoms with Crippen LogP contribution in [0.2, 0.25) is 0 Å². The summed E-state index contributed by atoms with van der Waals surface area (Å²) in [5.74, 6) is -0.199. The number of imide groups is 1. The van der Waals surface area contributed by atoms with Gasteiger partial charge in [0.2, 0.25) is 11.8 Å². The lowest BCUT2D eigenvalue weighted by Gasteiger charge is -2.34. The zero-order valence-electron chi connectivity index (χ0n) is 12.4. The van der Waals surface area contributed by atoms with Crippen LogP contribution in [0.15, 0.2) is 4.47 Å². The standard InChI is InChI=1S/C14H20BrN3O2/c1-5-9-13(15)10(17(4)16-9)8-18-11(19)6-14(2,3)7-12(18)20/h5-8H2,1-4H3. The van der Waals surface area contributed by atoms with Crippen molar-refractivity contribution in [2.45, 2.75) is 46.6 Å². The molecule has 0 saturated carbocycles. The molecule has 1 aromatic heterocycles. The number of piperidine rings is 1. The highest BCUT2D eigenvalue weighted by Crippen LogP contribution is 2.33. The third-order valence-corrected chi connectivity index (χ3v) is 4.59. The first-order valence-corrected chi connectivity index (χ1v) is 7.58. The number of hydrogen-bond acceptors (Lipinski definition) is 3. The van der Waals surface area contributed by atoms with Crippen LogP contribution in [0.3, 0.4) is 0 Å². The molecule has 0 radical (unpaired) electrons. The zero-order valence-corrected chi connectivity index (χ0v) is 14.0. The van der Waals surface area contributed by atoms with Gasteiger partial charge in [-0.3, -0.25) is 19.2 Å². The Morgan fingerprint density at radius 1 is 1.25 bits per heavy atom. The van der Waals surface area contributed by atoms with Crippen molar-refractivity contribution in [3.63, 3.8) is 0 Å². The molecule has 2 amide bonds. The first kappa shape index (κ1) is 15.2. The van der Waals surface area contributed by atoms with Crippen LogP contribution in [0.1, 0.15) is 45.0 Å². The molecule has 1 aliphatic rings. The van der Waals surface area contributed by atoms with Crippen LogP contribution in [0.5, 0.6) is 0 Å². The Morgan fingerprint density at radius 3 is 2.25 bits per heavy atom. The van der Waals surface area contributed by atoms with Crippen molar-refractivity contribution in [3.8, 4) is 0 Å². The smallest absolute Gasteiger partial charge is 0.230 e. The van der Waals surface area contributed by atoms with E-state index in [1.54, 1.807) is 4.68 Å². The van der Waals surface area contributed by atoms with Crippen LogP contribution in [0, 0.1) is 5.41 Å². The average molecular weight is 342 g/mol. The van der Waals surface area contributed by atoms with Crippen molar-refractivity contribution < 1.29 is 9.59 Å². The summed E-state index contributed by atoms with van der Waals surface area (Å²) in [6, 6.07) is 0. The van der Waals surface area contributed by atoms with Gasteiger partial charge in [-0.25, -0.2) is 0 Å². The van der Waals surface area contributed by atoms with Crippen molar-refractivity contribution in [1.82, 2.24) is 14.7 Å². The highest BCUT2D eigenvalue weighted by Gasteiger charge is 2.38. The summed E-state index contributed by atoms with van der Waals surface area (Å²) < 4.78 is 2.64. The lowest BCUT2D eigenvalue weighted by atomic mass is 9.82. The largest absolute Gasteiger partial charge is 0.276 e. The van der Waals surface area contributed by atoms with Crippen LogP contribution < -0.4 is 0 Å². The number of aryl methyl sites for hydroxylation is 2. The van der Waals surface area contributed by atoms with Gasteiger partial charge in [0.15, 0.2) is 0 Å². The van der Waals surface area contributed by atoms with E-state index in [2.05, 4.69) is 21.0 Å². The molecule has 6 heteroatoms. The topological polar surface area (TPSA) is 55.2 Å². The van der Waals surface area contributed by atoms with E-state index in [0.29, 0.717) is 12.8 Å². The van der Waals surface area contributed by atoms with E-state index in [4.69, 9.17) is 0 Å². The first-order valence-electron chi connectivity index (χ1n) is 6.78. The fourth-order valence-corrected chi connectivity index (χ4v) is 3.27. The molecule has 0 N–H and O–H groups in total. The second-order valence-electron chi connectivity index (χ2n) is 6.08. The second kappa shape index (κ2) is 5.31. The number of carbonyl (C=O) groups excluding carboxylic acids is 2. The van der Waals surface area contributed by atoms with Gasteiger partial charge in [0.1, 0.15) is 0 Å². The molecule has 2 rings (SSSR count). The van der Waals surface area contributed by atoms with E-state index in [1.165, 1.54) is 4.90 Å². The molecule has 2 heterocycles. The summed E-state index contributed by atoms with van der Waals surface area (Å²) in [5.41, 5.74) is 1.58. The maximum Gasteiger partial charge on any atom is 0.230 e. The number of carbonyl (C=O) groups is 2. The first-order chi connectivity index (χ1) is 9.25. The van der Waals surface area contributed by atoms with Gasteiger partial charge in [-0.15, -0.1) is 0 Å². The van der Waals surface area contributed by atoms with Gasteiger partial charge in [0, 0.05) is 19.9 Å². The fourth-order valence-electron chi connectivity index (χ4n) is 2.53. The van der Waals surface area contributed by atoms with Crippen LogP contribution in [-0.4, -0.2) is 26.5 Å². The Labute approximate surface area is 127 Å². The van der Waals surface area contributed by atoms with Crippen molar-refractivity contribution in [2.24, 2.45) is 12.5 Å². The molecule has 0 aromatic carbocycles. The van der Waals surface area contributed by atoms with E-state index < -0.39 is 0 Å². The summed E-state index contributed by atoms with van der Waals surface area (Å²) in [4.78, 5) is 25.7. The molecule has 1 saturated heterocycles. The Balaban J connectivity index is 2.24. The van der Waals surface area contributed by atoms with Crippen molar-refractivity contribution >= 4 is 27.7 Å². The lowest BCUT2D eigenvalue weighted by molar-refractivity contribution is -0.153. The Kier molecular flexibility index (Phi) is 4.04. The van der Waals surface area contributed by atoms with E-state index >= 15 is 0 Å². The number of amides is 2. The molecule has 5 nitrogen and oxygen atoms in total. The predicted molar refractivity (Wildman–Crippen MR) is 78.9 cm³/mol. The number of nitrogens with zero attached hydrogens (tertiary/aromatic N) is 3. The maximum atomic E-state index is 12.2. The molecule has 0 unspecified atom stereocenters. The summed E-state index contributed by atoms with van der Waals surface area (Å²) in [6.07, 6.45) is 1.63. The monoisotopic (exact) mass is 341 g/mol. The number of hydrogen-bond donors (Lipinski definition) is 0. The maximum absolute atomic E-state index is 12.2. The van der Waals surface area contributed by atoms with Gasteiger partial charge < -0.3 is 0 Å². The minimum atomic E-state index is -0.233. The van der Waals surface area contributed by atoms with Gasteiger partial charge in [0.25, 0.3) is 0 Å². The van der Waals surface area contributed by atoms with Gasteiger partial charge in [-0.1, -0.05) is 20.8 Å². The Bertz CT molecular complexity index is 543. The predicted octanol–water partition coefficient (Wildman–Crippen LogP) is 2.42. The molecule has 1 fully saturated rings. The number of halogens is 1. The molecule has 0 aliphatic carbocycles. The lowest BCUT2D eigenvalue weighted by Crippen LogP contribution is -2.45. The molecule has 110 valence electrons. The van der Waals surface area contributed by atoms with Crippen LogP contribution in [0.4, 0.5) is 0 Å². The minimum Gasteiger partial charge on any atom is -0.276 e. The number of likely N-dealkylation sites (tertiary alicyclic amines) is 1. The van der Waals surface area contributed by atoms with Crippen molar-refractivity contribution in [2.75, 3.05) is 0 Å². The van der Waals surface area contributed by atoms with Gasteiger partial charge in [-0.05, 0) is 27.8 Å². The Hall–Kier alpha value is -1.17. The molecule has 0 atom stereocenters. The number of aromatic nitrogens is 2.